The van der Waals surface area contributed by atoms with Crippen LogP contribution >= 0.6 is 0 Å². The van der Waals surface area contributed by atoms with Gasteiger partial charge in [0.05, 0.1) is 12.2 Å². The van der Waals surface area contributed by atoms with Crippen molar-refractivity contribution in [3.05, 3.63) is 29.6 Å². The van der Waals surface area contributed by atoms with Gasteiger partial charge in [-0.1, -0.05) is 25.9 Å². The number of aryl methyl sites for hydroxylation is 1. The Morgan fingerprint density at radius 2 is 1.88 bits per heavy atom. The Balaban J connectivity index is 1.67. The molecular formula is C16H23FN6O. The summed E-state index contributed by atoms with van der Waals surface area (Å²) in [5.74, 6) is 1.34. The lowest BCUT2D eigenvalue weighted by Gasteiger charge is -2.35. The van der Waals surface area contributed by atoms with E-state index in [1.54, 1.807) is 6.92 Å². The number of halogens is 1. The minimum absolute atomic E-state index is 0.313. The quantitative estimate of drug-likeness (QED) is 0.849. The predicted molar refractivity (Wildman–Crippen MR) is 87.2 cm³/mol. The van der Waals surface area contributed by atoms with Gasteiger partial charge in [0.15, 0.2) is 17.5 Å². The summed E-state index contributed by atoms with van der Waals surface area (Å²) < 4.78 is 19.8. The Kier molecular flexibility index (Phi) is 4.49. The van der Waals surface area contributed by atoms with Crippen LogP contribution in [0.4, 0.5) is 10.2 Å². The topological polar surface area (TPSA) is 71.2 Å². The van der Waals surface area contributed by atoms with Gasteiger partial charge in [-0.15, -0.1) is 0 Å². The number of rotatable bonds is 3. The Morgan fingerprint density at radius 1 is 1.17 bits per heavy atom. The fraction of sp³-hybridized carbons (Fsp3) is 0.625. The molecule has 0 aliphatic carbocycles. The minimum Gasteiger partial charge on any atom is -0.352 e. The van der Waals surface area contributed by atoms with Crippen molar-refractivity contribution >= 4 is 5.82 Å². The van der Waals surface area contributed by atoms with E-state index in [-0.39, 0.29) is 11.2 Å². The SMILES string of the molecule is Cc1nc(CN2CCN(c3ncnc(C(C)(C)C)c3F)CC2)no1. The normalized spacial score (nSPS) is 16.6. The van der Waals surface area contributed by atoms with E-state index in [1.165, 1.54) is 6.33 Å². The second kappa shape index (κ2) is 6.43. The largest absolute Gasteiger partial charge is 0.352 e. The first-order valence-electron chi connectivity index (χ1n) is 8.12. The molecule has 0 radical (unpaired) electrons. The van der Waals surface area contributed by atoms with E-state index in [9.17, 15) is 4.39 Å². The number of nitrogens with zero attached hydrogens (tertiary/aromatic N) is 6. The number of anilines is 1. The summed E-state index contributed by atoms with van der Waals surface area (Å²) in [6.45, 7) is 11.3. The van der Waals surface area contributed by atoms with Crippen molar-refractivity contribution in [2.24, 2.45) is 0 Å². The molecule has 0 saturated carbocycles. The molecule has 0 bridgehead atoms. The highest BCUT2D eigenvalue weighted by Gasteiger charge is 2.27. The monoisotopic (exact) mass is 334 g/mol. The molecule has 1 saturated heterocycles. The molecule has 3 heterocycles. The number of hydrogen-bond acceptors (Lipinski definition) is 7. The first-order chi connectivity index (χ1) is 11.3. The summed E-state index contributed by atoms with van der Waals surface area (Å²) in [6.07, 6.45) is 1.45. The minimum atomic E-state index is -0.347. The third kappa shape index (κ3) is 3.53. The summed E-state index contributed by atoms with van der Waals surface area (Å²) >= 11 is 0. The van der Waals surface area contributed by atoms with Gasteiger partial charge >= 0.3 is 0 Å². The Morgan fingerprint density at radius 3 is 2.46 bits per heavy atom. The summed E-state index contributed by atoms with van der Waals surface area (Å²) in [5, 5.41) is 3.92. The predicted octanol–water partition coefficient (Wildman–Crippen LogP) is 1.93. The summed E-state index contributed by atoms with van der Waals surface area (Å²) in [5.41, 5.74) is 0.109. The third-order valence-corrected chi connectivity index (χ3v) is 4.09. The molecule has 8 heteroatoms. The van der Waals surface area contributed by atoms with Crippen molar-refractivity contribution in [1.29, 1.82) is 0 Å². The zero-order valence-corrected chi connectivity index (χ0v) is 14.6. The van der Waals surface area contributed by atoms with E-state index in [4.69, 9.17) is 4.52 Å². The van der Waals surface area contributed by atoms with Gasteiger partial charge in [-0.25, -0.2) is 14.4 Å². The zero-order valence-electron chi connectivity index (χ0n) is 14.6. The Bertz CT molecular complexity index is 703. The van der Waals surface area contributed by atoms with Crippen molar-refractivity contribution in [1.82, 2.24) is 25.0 Å². The average molecular weight is 334 g/mol. The second-order valence-corrected chi connectivity index (χ2v) is 7.10. The zero-order chi connectivity index (χ0) is 17.3. The Hall–Kier alpha value is -2.09. The molecule has 0 amide bonds. The van der Waals surface area contributed by atoms with Crippen LogP contribution in [0.15, 0.2) is 10.9 Å². The lowest BCUT2D eigenvalue weighted by molar-refractivity contribution is 0.238. The van der Waals surface area contributed by atoms with Crippen LogP contribution in [-0.2, 0) is 12.0 Å². The summed E-state index contributed by atoms with van der Waals surface area (Å²) in [4.78, 5) is 16.7. The van der Waals surface area contributed by atoms with Crippen LogP contribution in [-0.4, -0.2) is 51.2 Å². The number of piperazine rings is 1. The van der Waals surface area contributed by atoms with E-state index < -0.39 is 0 Å². The van der Waals surface area contributed by atoms with Gasteiger partial charge in [-0.2, -0.15) is 4.98 Å². The van der Waals surface area contributed by atoms with Crippen LogP contribution in [0, 0.1) is 12.7 Å². The van der Waals surface area contributed by atoms with Crippen LogP contribution in [0.1, 0.15) is 38.2 Å². The molecule has 0 atom stereocenters. The lowest BCUT2D eigenvalue weighted by atomic mass is 9.91. The van der Waals surface area contributed by atoms with Crippen molar-refractivity contribution in [2.75, 3.05) is 31.1 Å². The van der Waals surface area contributed by atoms with Crippen molar-refractivity contribution in [3.8, 4) is 0 Å². The van der Waals surface area contributed by atoms with Crippen molar-refractivity contribution in [2.45, 2.75) is 39.7 Å². The van der Waals surface area contributed by atoms with E-state index in [2.05, 4.69) is 25.0 Å². The maximum atomic E-state index is 14.8. The highest BCUT2D eigenvalue weighted by Crippen LogP contribution is 2.27. The third-order valence-electron chi connectivity index (χ3n) is 4.09. The van der Waals surface area contributed by atoms with E-state index in [0.717, 1.165) is 13.1 Å². The molecule has 1 aliphatic rings. The number of hydrogen-bond donors (Lipinski definition) is 0. The fourth-order valence-corrected chi connectivity index (χ4v) is 2.83. The maximum Gasteiger partial charge on any atom is 0.223 e. The highest BCUT2D eigenvalue weighted by atomic mass is 19.1. The molecule has 1 aliphatic heterocycles. The van der Waals surface area contributed by atoms with Crippen LogP contribution in [0.3, 0.4) is 0 Å². The van der Waals surface area contributed by atoms with Gasteiger partial charge in [-0.05, 0) is 0 Å². The molecule has 130 valence electrons. The molecule has 7 nitrogen and oxygen atoms in total. The van der Waals surface area contributed by atoms with Gasteiger partial charge in [0.25, 0.3) is 0 Å². The second-order valence-electron chi connectivity index (χ2n) is 7.10. The molecule has 2 aromatic heterocycles. The van der Waals surface area contributed by atoms with Gasteiger partial charge in [-0.3, -0.25) is 4.90 Å². The highest BCUT2D eigenvalue weighted by molar-refractivity contribution is 5.43. The smallest absolute Gasteiger partial charge is 0.223 e. The van der Waals surface area contributed by atoms with E-state index >= 15 is 0 Å². The molecule has 1 fully saturated rings. The van der Waals surface area contributed by atoms with Gasteiger partial charge in [0.2, 0.25) is 5.89 Å². The van der Waals surface area contributed by atoms with Crippen LogP contribution in [0.2, 0.25) is 0 Å². The van der Waals surface area contributed by atoms with Crippen LogP contribution < -0.4 is 4.90 Å². The molecule has 2 aromatic rings. The van der Waals surface area contributed by atoms with Crippen LogP contribution in [0.25, 0.3) is 0 Å². The molecule has 0 aromatic carbocycles. The fourth-order valence-electron chi connectivity index (χ4n) is 2.83. The van der Waals surface area contributed by atoms with Gasteiger partial charge in [0.1, 0.15) is 6.33 Å². The van der Waals surface area contributed by atoms with Crippen molar-refractivity contribution in [3.63, 3.8) is 0 Å². The molecule has 0 spiro atoms. The summed E-state index contributed by atoms with van der Waals surface area (Å²) in [6, 6.07) is 0. The maximum absolute atomic E-state index is 14.8. The summed E-state index contributed by atoms with van der Waals surface area (Å²) in [7, 11) is 0. The van der Waals surface area contributed by atoms with E-state index in [1.807, 2.05) is 25.7 Å². The molecule has 24 heavy (non-hydrogen) atoms. The van der Waals surface area contributed by atoms with E-state index in [0.29, 0.717) is 42.9 Å². The molecule has 0 N–H and O–H groups in total. The average Bonchev–Trinajstić information content (AvgIpc) is 2.92. The molecule has 3 rings (SSSR count). The molecular weight excluding hydrogens is 311 g/mol. The first-order valence-corrected chi connectivity index (χ1v) is 8.12. The van der Waals surface area contributed by atoms with Crippen LogP contribution in [0.5, 0.6) is 0 Å². The first kappa shape index (κ1) is 16.8. The van der Waals surface area contributed by atoms with Crippen molar-refractivity contribution < 1.29 is 8.91 Å². The molecule has 0 unspecified atom stereocenters. The number of aromatic nitrogens is 4. The van der Waals surface area contributed by atoms with Gasteiger partial charge in [0, 0.05) is 38.5 Å². The standard InChI is InChI=1S/C16H23FN6O/c1-11-20-12(21-24-11)9-22-5-7-23(8-6-22)15-13(17)14(16(2,3)4)18-10-19-15/h10H,5-9H2,1-4H3. The van der Waals surface area contributed by atoms with Gasteiger partial charge < -0.3 is 9.42 Å². The lowest BCUT2D eigenvalue weighted by Crippen LogP contribution is -2.46. The Labute approximate surface area is 140 Å².